The molecule has 0 aliphatic carbocycles. The van der Waals surface area contributed by atoms with Crippen LogP contribution in [0.1, 0.15) is 36.7 Å². The predicted octanol–water partition coefficient (Wildman–Crippen LogP) is 4.18. The highest BCUT2D eigenvalue weighted by molar-refractivity contribution is 6.33. The Kier molecular flexibility index (Phi) is 6.12. The van der Waals surface area contributed by atoms with Crippen molar-refractivity contribution < 1.29 is 33.3 Å². The van der Waals surface area contributed by atoms with Gasteiger partial charge in [-0.15, -0.1) is 0 Å². The summed E-state index contributed by atoms with van der Waals surface area (Å²) < 4.78 is 21.1. The summed E-state index contributed by atoms with van der Waals surface area (Å²) in [5.74, 6) is -3.12. The zero-order chi connectivity index (χ0) is 21.9. The standard InChI is InChI=1S/C22H19ClO7/c1-4-27-18-12-13(11-15-20(25)29-22(2,3)30-21(15)26)9-10-17(18)28-19(24)14-7-5-6-8-16(14)23/h5-12H,4H2,1-3H3. The van der Waals surface area contributed by atoms with Crippen LogP contribution in [0, 0.1) is 0 Å². The molecule has 2 aromatic carbocycles. The molecule has 3 rings (SSSR count). The lowest BCUT2D eigenvalue weighted by atomic mass is 10.1. The maximum atomic E-state index is 12.4. The van der Waals surface area contributed by atoms with Crippen molar-refractivity contribution in [1.29, 1.82) is 0 Å². The number of hydrogen-bond acceptors (Lipinski definition) is 7. The summed E-state index contributed by atoms with van der Waals surface area (Å²) in [6, 6.07) is 11.1. The van der Waals surface area contributed by atoms with Gasteiger partial charge in [0.25, 0.3) is 5.79 Å². The first-order valence-corrected chi connectivity index (χ1v) is 9.50. The van der Waals surface area contributed by atoms with Gasteiger partial charge in [0.05, 0.1) is 17.2 Å². The molecule has 1 aliphatic rings. The number of ether oxygens (including phenoxy) is 4. The molecule has 2 aromatic rings. The van der Waals surface area contributed by atoms with Crippen LogP contribution < -0.4 is 9.47 Å². The van der Waals surface area contributed by atoms with Crippen molar-refractivity contribution in [3.63, 3.8) is 0 Å². The second-order valence-electron chi connectivity index (χ2n) is 6.75. The lowest BCUT2D eigenvalue weighted by Gasteiger charge is -2.29. The minimum absolute atomic E-state index is 0.166. The Bertz CT molecular complexity index is 1020. The molecular formula is C22H19ClO7. The van der Waals surface area contributed by atoms with Crippen LogP contribution in [0.3, 0.4) is 0 Å². The van der Waals surface area contributed by atoms with Gasteiger partial charge in [-0.3, -0.25) is 0 Å². The van der Waals surface area contributed by atoms with Crippen molar-refractivity contribution in [1.82, 2.24) is 0 Å². The minimum atomic E-state index is -1.32. The molecule has 0 saturated carbocycles. The first kappa shape index (κ1) is 21.4. The molecule has 0 bridgehead atoms. The van der Waals surface area contributed by atoms with E-state index in [1.54, 1.807) is 37.3 Å². The van der Waals surface area contributed by atoms with Crippen molar-refractivity contribution in [3.8, 4) is 11.5 Å². The fourth-order valence-electron chi connectivity index (χ4n) is 2.69. The van der Waals surface area contributed by atoms with Crippen LogP contribution in [0.5, 0.6) is 11.5 Å². The number of esters is 3. The van der Waals surface area contributed by atoms with Crippen LogP contribution in [0.15, 0.2) is 48.0 Å². The molecule has 0 N–H and O–H groups in total. The molecule has 1 fully saturated rings. The quantitative estimate of drug-likeness (QED) is 0.304. The molecule has 156 valence electrons. The largest absolute Gasteiger partial charge is 0.490 e. The number of rotatable bonds is 5. The number of cyclic esters (lactones) is 2. The maximum Gasteiger partial charge on any atom is 0.348 e. The summed E-state index contributed by atoms with van der Waals surface area (Å²) in [6.45, 7) is 5.00. The Balaban J connectivity index is 1.89. The van der Waals surface area contributed by atoms with Crippen molar-refractivity contribution >= 4 is 35.6 Å². The first-order valence-electron chi connectivity index (χ1n) is 9.12. The second kappa shape index (κ2) is 8.59. The van der Waals surface area contributed by atoms with Crippen molar-refractivity contribution in [2.75, 3.05) is 6.61 Å². The van der Waals surface area contributed by atoms with Crippen molar-refractivity contribution in [2.45, 2.75) is 26.6 Å². The van der Waals surface area contributed by atoms with Gasteiger partial charge in [0, 0.05) is 13.8 Å². The fourth-order valence-corrected chi connectivity index (χ4v) is 2.91. The molecule has 0 spiro atoms. The normalized spacial score (nSPS) is 15.1. The lowest BCUT2D eigenvalue weighted by Crippen LogP contribution is -2.41. The van der Waals surface area contributed by atoms with Crippen molar-refractivity contribution in [3.05, 3.63) is 64.2 Å². The summed E-state index contributed by atoms with van der Waals surface area (Å²) in [4.78, 5) is 36.7. The Morgan fingerprint density at radius 2 is 1.73 bits per heavy atom. The summed E-state index contributed by atoms with van der Waals surface area (Å²) in [5, 5.41) is 0.263. The van der Waals surface area contributed by atoms with E-state index in [1.165, 1.54) is 32.1 Å². The Morgan fingerprint density at radius 1 is 1.07 bits per heavy atom. The monoisotopic (exact) mass is 430 g/mol. The predicted molar refractivity (Wildman–Crippen MR) is 108 cm³/mol. The van der Waals surface area contributed by atoms with Gasteiger partial charge < -0.3 is 18.9 Å². The minimum Gasteiger partial charge on any atom is -0.490 e. The highest BCUT2D eigenvalue weighted by Crippen LogP contribution is 2.32. The highest BCUT2D eigenvalue weighted by atomic mass is 35.5. The SMILES string of the molecule is CCOc1cc(C=C2C(=O)OC(C)(C)OC2=O)ccc1OC(=O)c1ccccc1Cl. The number of benzene rings is 2. The van der Waals surface area contributed by atoms with Crippen LogP contribution >= 0.6 is 11.6 Å². The number of carbonyl (C=O) groups excluding carboxylic acids is 3. The Hall–Kier alpha value is -3.32. The van der Waals surface area contributed by atoms with E-state index >= 15 is 0 Å². The fraction of sp³-hybridized carbons (Fsp3) is 0.227. The summed E-state index contributed by atoms with van der Waals surface area (Å²) in [6.07, 6.45) is 1.32. The molecule has 0 amide bonds. The molecule has 0 radical (unpaired) electrons. The molecule has 0 unspecified atom stereocenters. The highest BCUT2D eigenvalue weighted by Gasteiger charge is 2.38. The van der Waals surface area contributed by atoms with E-state index < -0.39 is 23.7 Å². The number of carbonyl (C=O) groups is 3. The third-order valence-corrected chi connectivity index (χ3v) is 4.32. The third-order valence-electron chi connectivity index (χ3n) is 3.99. The van der Waals surface area contributed by atoms with Gasteiger partial charge in [-0.2, -0.15) is 0 Å². The third kappa shape index (κ3) is 4.80. The Labute approximate surface area is 178 Å². The van der Waals surface area contributed by atoms with Gasteiger partial charge in [-0.1, -0.05) is 29.8 Å². The van der Waals surface area contributed by atoms with Crippen LogP contribution in [0.25, 0.3) is 6.08 Å². The van der Waals surface area contributed by atoms with Gasteiger partial charge in [-0.25, -0.2) is 14.4 Å². The van der Waals surface area contributed by atoms with Gasteiger partial charge in [-0.05, 0) is 42.8 Å². The molecule has 30 heavy (non-hydrogen) atoms. The van der Waals surface area contributed by atoms with E-state index in [9.17, 15) is 14.4 Å². The molecule has 8 heteroatoms. The average molecular weight is 431 g/mol. The van der Waals surface area contributed by atoms with E-state index in [0.29, 0.717) is 12.2 Å². The zero-order valence-electron chi connectivity index (χ0n) is 16.6. The maximum absolute atomic E-state index is 12.4. The van der Waals surface area contributed by atoms with E-state index in [-0.39, 0.29) is 27.7 Å². The van der Waals surface area contributed by atoms with Crippen LogP contribution in [0.4, 0.5) is 0 Å². The summed E-state index contributed by atoms with van der Waals surface area (Å²) in [5.41, 5.74) is 0.417. The van der Waals surface area contributed by atoms with Crippen molar-refractivity contribution in [2.24, 2.45) is 0 Å². The van der Waals surface area contributed by atoms with E-state index in [1.807, 2.05) is 0 Å². The molecule has 0 atom stereocenters. The smallest absolute Gasteiger partial charge is 0.348 e. The van der Waals surface area contributed by atoms with Gasteiger partial charge in [0.1, 0.15) is 5.57 Å². The molecule has 1 heterocycles. The molecule has 1 saturated heterocycles. The molecule has 1 aliphatic heterocycles. The van der Waals surface area contributed by atoms with Crippen LogP contribution in [0.2, 0.25) is 5.02 Å². The Morgan fingerprint density at radius 3 is 2.37 bits per heavy atom. The molecular weight excluding hydrogens is 412 g/mol. The number of halogens is 1. The topological polar surface area (TPSA) is 88.1 Å². The number of hydrogen-bond donors (Lipinski definition) is 0. The lowest BCUT2D eigenvalue weighted by molar-refractivity contribution is -0.222. The average Bonchev–Trinajstić information content (AvgIpc) is 2.66. The van der Waals surface area contributed by atoms with E-state index in [4.69, 9.17) is 30.5 Å². The summed E-state index contributed by atoms with van der Waals surface area (Å²) >= 11 is 6.04. The summed E-state index contributed by atoms with van der Waals surface area (Å²) in [7, 11) is 0. The molecule has 0 aromatic heterocycles. The van der Waals surface area contributed by atoms with Gasteiger partial charge >= 0.3 is 17.9 Å². The van der Waals surface area contributed by atoms with Crippen LogP contribution in [-0.2, 0) is 19.1 Å². The van der Waals surface area contributed by atoms with Gasteiger partial charge in [0.2, 0.25) is 0 Å². The zero-order valence-corrected chi connectivity index (χ0v) is 17.3. The van der Waals surface area contributed by atoms with E-state index in [0.717, 1.165) is 0 Å². The van der Waals surface area contributed by atoms with E-state index in [2.05, 4.69) is 0 Å². The van der Waals surface area contributed by atoms with Crippen LogP contribution in [-0.4, -0.2) is 30.3 Å². The van der Waals surface area contributed by atoms with Gasteiger partial charge in [0.15, 0.2) is 11.5 Å². The second-order valence-corrected chi connectivity index (χ2v) is 7.15. The molecule has 7 nitrogen and oxygen atoms in total. The first-order chi connectivity index (χ1) is 14.2.